The van der Waals surface area contributed by atoms with Gasteiger partial charge in [0.25, 0.3) is 0 Å². The number of aromatic nitrogens is 4. The molecule has 2 aromatic heterocycles. The molecule has 2 aromatic carbocycles. The molecule has 4 aromatic rings. The fourth-order valence-electron chi connectivity index (χ4n) is 1.80. The number of imidazole rings is 2. The Morgan fingerprint density at radius 2 is 1.53 bits per heavy atom. The molecule has 0 spiro atoms. The smallest absolute Gasteiger partial charge is 0.201 e. The minimum absolute atomic E-state index is 0.446. The van der Waals surface area contributed by atoms with Crippen LogP contribution in [0.5, 0.6) is 0 Å². The summed E-state index contributed by atoms with van der Waals surface area (Å²) in [5.74, 6) is 0. The van der Waals surface area contributed by atoms with E-state index in [2.05, 4.69) is 19.9 Å². The highest BCUT2D eigenvalue weighted by Gasteiger charge is 1.95. The van der Waals surface area contributed by atoms with Crippen molar-refractivity contribution in [1.29, 1.82) is 0 Å². The molecule has 0 aliphatic heterocycles. The molecule has 0 bridgehead atoms. The highest BCUT2D eigenvalue weighted by atomic mass is 35.5. The molecule has 4 nitrogen and oxygen atoms in total. The number of H-pyrrole nitrogens is 2. The van der Waals surface area contributed by atoms with E-state index in [1.807, 2.05) is 48.5 Å². The number of rotatable bonds is 0. The number of aromatic amines is 2. The minimum atomic E-state index is 0.446. The third-order valence-corrected chi connectivity index (χ3v) is 2.87. The predicted octanol–water partition coefficient (Wildman–Crippen LogP) is 3.78. The first-order chi connectivity index (χ1) is 9.33. The van der Waals surface area contributed by atoms with Crippen LogP contribution in [-0.4, -0.2) is 19.9 Å². The molecule has 4 rings (SSSR count). The average Bonchev–Trinajstić information content (AvgIpc) is 3.03. The molecule has 2 heterocycles. The summed E-state index contributed by atoms with van der Waals surface area (Å²) in [4.78, 5) is 14.0. The van der Waals surface area contributed by atoms with Crippen LogP contribution in [-0.2, 0) is 0 Å². The summed E-state index contributed by atoms with van der Waals surface area (Å²) < 4.78 is 0. The Morgan fingerprint density at radius 1 is 0.842 bits per heavy atom. The second-order valence-electron chi connectivity index (χ2n) is 3.96. The Labute approximate surface area is 114 Å². The van der Waals surface area contributed by atoms with Gasteiger partial charge < -0.3 is 9.97 Å². The van der Waals surface area contributed by atoms with Gasteiger partial charge in [-0.1, -0.05) is 24.3 Å². The highest BCUT2D eigenvalue weighted by Crippen LogP contribution is 2.12. The van der Waals surface area contributed by atoms with Crippen molar-refractivity contribution < 1.29 is 0 Å². The van der Waals surface area contributed by atoms with Crippen molar-refractivity contribution in [3.63, 3.8) is 0 Å². The first-order valence-electron chi connectivity index (χ1n) is 5.81. The van der Waals surface area contributed by atoms with Crippen LogP contribution < -0.4 is 0 Å². The van der Waals surface area contributed by atoms with Crippen LogP contribution in [0.15, 0.2) is 54.9 Å². The third-order valence-electron chi connectivity index (χ3n) is 2.69. The molecule has 0 radical (unpaired) electrons. The topological polar surface area (TPSA) is 57.4 Å². The lowest BCUT2D eigenvalue weighted by Crippen LogP contribution is -1.63. The lowest BCUT2D eigenvalue weighted by atomic mass is 10.3. The Balaban J connectivity index is 0.000000117. The molecule has 94 valence electrons. The number of para-hydroxylation sites is 4. The van der Waals surface area contributed by atoms with E-state index in [0.717, 1.165) is 22.1 Å². The van der Waals surface area contributed by atoms with Gasteiger partial charge in [0.15, 0.2) is 0 Å². The predicted molar refractivity (Wildman–Crippen MR) is 77.2 cm³/mol. The monoisotopic (exact) mass is 270 g/mol. The second-order valence-corrected chi connectivity index (χ2v) is 4.32. The summed E-state index contributed by atoms with van der Waals surface area (Å²) in [6.45, 7) is 0. The molecule has 19 heavy (non-hydrogen) atoms. The number of benzene rings is 2. The van der Waals surface area contributed by atoms with Crippen LogP contribution in [0.2, 0.25) is 5.28 Å². The first kappa shape index (κ1) is 11.7. The maximum Gasteiger partial charge on any atom is 0.201 e. The molecule has 2 N–H and O–H groups in total. The van der Waals surface area contributed by atoms with Crippen molar-refractivity contribution in [2.45, 2.75) is 0 Å². The zero-order valence-electron chi connectivity index (χ0n) is 9.97. The Morgan fingerprint density at radius 3 is 2.26 bits per heavy atom. The van der Waals surface area contributed by atoms with E-state index in [1.165, 1.54) is 0 Å². The fourth-order valence-corrected chi connectivity index (χ4v) is 1.99. The van der Waals surface area contributed by atoms with E-state index in [0.29, 0.717) is 5.28 Å². The van der Waals surface area contributed by atoms with Crippen molar-refractivity contribution in [3.05, 3.63) is 60.1 Å². The van der Waals surface area contributed by atoms with E-state index in [-0.39, 0.29) is 0 Å². The van der Waals surface area contributed by atoms with Crippen LogP contribution >= 0.6 is 11.6 Å². The largest absolute Gasteiger partial charge is 0.345 e. The van der Waals surface area contributed by atoms with E-state index < -0.39 is 0 Å². The zero-order valence-corrected chi connectivity index (χ0v) is 10.7. The lowest BCUT2D eigenvalue weighted by molar-refractivity contribution is 1.34. The summed E-state index contributed by atoms with van der Waals surface area (Å²) in [7, 11) is 0. The Kier molecular flexibility index (Phi) is 3.16. The molecule has 0 aliphatic carbocycles. The summed E-state index contributed by atoms with van der Waals surface area (Å²) in [6.07, 6.45) is 1.70. The quantitative estimate of drug-likeness (QED) is 0.511. The summed E-state index contributed by atoms with van der Waals surface area (Å²) >= 11 is 5.62. The number of nitrogens with one attached hydrogen (secondary N) is 2. The molecular weight excluding hydrogens is 260 g/mol. The standard InChI is InChI=1S/C7H5ClN2.C7H6N2/c8-7-9-5-3-1-2-4-6(5)10-7;1-2-4-7-6(3-1)8-5-9-7/h1-4H,(H,9,10);1-5H,(H,8,9). The van der Waals surface area contributed by atoms with Gasteiger partial charge >= 0.3 is 0 Å². The van der Waals surface area contributed by atoms with Gasteiger partial charge in [-0.05, 0) is 35.9 Å². The fraction of sp³-hybridized carbons (Fsp3) is 0. The second kappa shape index (κ2) is 5.12. The maximum absolute atomic E-state index is 5.62. The SMILES string of the molecule is Clc1nc2ccccc2[nH]1.c1ccc2[nH]cnc2c1. The molecular formula is C14H11ClN4. The van der Waals surface area contributed by atoms with Gasteiger partial charge in [0, 0.05) is 0 Å². The van der Waals surface area contributed by atoms with Gasteiger partial charge in [0.05, 0.1) is 28.4 Å². The van der Waals surface area contributed by atoms with Gasteiger partial charge in [-0.3, -0.25) is 0 Å². The maximum atomic E-state index is 5.62. The van der Waals surface area contributed by atoms with Crippen LogP contribution in [0.1, 0.15) is 0 Å². The van der Waals surface area contributed by atoms with Gasteiger partial charge in [0.2, 0.25) is 5.28 Å². The number of hydrogen-bond donors (Lipinski definition) is 2. The van der Waals surface area contributed by atoms with Crippen molar-refractivity contribution in [2.24, 2.45) is 0 Å². The van der Waals surface area contributed by atoms with E-state index in [1.54, 1.807) is 6.33 Å². The third kappa shape index (κ3) is 2.58. The zero-order chi connectivity index (χ0) is 13.1. The average molecular weight is 271 g/mol. The van der Waals surface area contributed by atoms with Gasteiger partial charge in [0.1, 0.15) is 0 Å². The molecule has 5 heteroatoms. The minimum Gasteiger partial charge on any atom is -0.345 e. The van der Waals surface area contributed by atoms with Crippen molar-refractivity contribution >= 4 is 33.7 Å². The molecule has 0 amide bonds. The van der Waals surface area contributed by atoms with Gasteiger partial charge in [-0.2, -0.15) is 0 Å². The number of fused-ring (bicyclic) bond motifs is 2. The molecule has 0 saturated carbocycles. The molecule has 0 atom stereocenters. The summed E-state index contributed by atoms with van der Waals surface area (Å²) in [5.41, 5.74) is 4.01. The van der Waals surface area contributed by atoms with Crippen molar-refractivity contribution in [2.75, 3.05) is 0 Å². The molecule has 0 aliphatic rings. The van der Waals surface area contributed by atoms with E-state index in [4.69, 9.17) is 11.6 Å². The Hall–Kier alpha value is -2.33. The van der Waals surface area contributed by atoms with Gasteiger partial charge in [-0.25, -0.2) is 9.97 Å². The summed E-state index contributed by atoms with van der Waals surface area (Å²) in [5, 5.41) is 0.446. The number of hydrogen-bond acceptors (Lipinski definition) is 2. The molecule has 0 unspecified atom stereocenters. The number of halogens is 1. The van der Waals surface area contributed by atoms with Crippen molar-refractivity contribution in [3.8, 4) is 0 Å². The van der Waals surface area contributed by atoms with Crippen LogP contribution in [0.25, 0.3) is 22.1 Å². The van der Waals surface area contributed by atoms with E-state index in [9.17, 15) is 0 Å². The summed E-state index contributed by atoms with van der Waals surface area (Å²) in [6, 6.07) is 15.7. The van der Waals surface area contributed by atoms with E-state index >= 15 is 0 Å². The van der Waals surface area contributed by atoms with Crippen LogP contribution in [0, 0.1) is 0 Å². The van der Waals surface area contributed by atoms with Crippen LogP contribution in [0.3, 0.4) is 0 Å². The lowest BCUT2D eigenvalue weighted by Gasteiger charge is -1.81. The van der Waals surface area contributed by atoms with Crippen molar-refractivity contribution in [1.82, 2.24) is 19.9 Å². The highest BCUT2D eigenvalue weighted by molar-refractivity contribution is 6.29. The normalized spacial score (nSPS) is 10.4. The molecule has 0 fully saturated rings. The van der Waals surface area contributed by atoms with Crippen LogP contribution in [0.4, 0.5) is 0 Å². The number of nitrogens with zero attached hydrogens (tertiary/aromatic N) is 2. The Bertz CT molecular complexity index is 740. The van der Waals surface area contributed by atoms with Gasteiger partial charge in [-0.15, -0.1) is 0 Å². The first-order valence-corrected chi connectivity index (χ1v) is 6.19. The molecule has 0 saturated heterocycles.